The van der Waals surface area contributed by atoms with E-state index in [-0.39, 0.29) is 5.91 Å². The Kier molecular flexibility index (Phi) is 6.06. The molecular weight excluding hydrogens is 286 g/mol. The van der Waals surface area contributed by atoms with Crippen molar-refractivity contribution in [3.8, 4) is 0 Å². The van der Waals surface area contributed by atoms with Crippen molar-refractivity contribution in [1.82, 2.24) is 15.5 Å². The number of benzene rings is 1. The molecule has 1 amide bonds. The van der Waals surface area contributed by atoms with E-state index in [1.807, 2.05) is 0 Å². The molecule has 0 bridgehead atoms. The second kappa shape index (κ2) is 8.46. The van der Waals surface area contributed by atoms with E-state index in [1.54, 1.807) is 0 Å². The van der Waals surface area contributed by atoms with Gasteiger partial charge in [0.1, 0.15) is 0 Å². The summed E-state index contributed by atoms with van der Waals surface area (Å²) in [5.74, 6) is 0.193. The largest absolute Gasteiger partial charge is 0.354 e. The molecule has 2 N–H and O–H groups in total. The number of rotatable bonds is 7. The van der Waals surface area contributed by atoms with E-state index in [9.17, 15) is 4.79 Å². The van der Waals surface area contributed by atoms with Gasteiger partial charge in [0.25, 0.3) is 0 Å². The van der Waals surface area contributed by atoms with Crippen LogP contribution in [0.5, 0.6) is 0 Å². The van der Waals surface area contributed by atoms with Crippen LogP contribution in [-0.4, -0.2) is 43.0 Å². The van der Waals surface area contributed by atoms with Gasteiger partial charge in [-0.25, -0.2) is 0 Å². The summed E-state index contributed by atoms with van der Waals surface area (Å²) >= 11 is 0. The van der Waals surface area contributed by atoms with Crippen LogP contribution in [0.1, 0.15) is 50.1 Å². The highest BCUT2D eigenvalue weighted by Gasteiger charge is 2.24. The van der Waals surface area contributed by atoms with E-state index in [0.717, 1.165) is 32.6 Å². The Morgan fingerprint density at radius 2 is 2.00 bits per heavy atom. The van der Waals surface area contributed by atoms with Crippen molar-refractivity contribution in [1.29, 1.82) is 0 Å². The SMILES string of the molecule is O=C(CCC1CCCN1)NCC(c1ccccc1)N1CCCC1. The lowest BCUT2D eigenvalue weighted by Crippen LogP contribution is -2.37. The van der Waals surface area contributed by atoms with E-state index >= 15 is 0 Å². The van der Waals surface area contributed by atoms with Crippen LogP contribution in [-0.2, 0) is 4.79 Å². The third kappa shape index (κ3) is 4.79. The molecule has 1 aromatic rings. The van der Waals surface area contributed by atoms with Crippen molar-refractivity contribution in [2.75, 3.05) is 26.2 Å². The minimum Gasteiger partial charge on any atom is -0.354 e. The summed E-state index contributed by atoms with van der Waals surface area (Å²) < 4.78 is 0. The second-order valence-corrected chi connectivity index (χ2v) is 6.81. The van der Waals surface area contributed by atoms with Crippen molar-refractivity contribution in [2.24, 2.45) is 0 Å². The Balaban J connectivity index is 1.50. The zero-order chi connectivity index (χ0) is 15.9. The van der Waals surface area contributed by atoms with Gasteiger partial charge < -0.3 is 10.6 Å². The molecule has 0 spiro atoms. The van der Waals surface area contributed by atoms with Crippen LogP contribution < -0.4 is 10.6 Å². The summed E-state index contributed by atoms with van der Waals surface area (Å²) in [6.07, 6.45) is 6.60. The minimum absolute atomic E-state index is 0.193. The fraction of sp³-hybridized carbons (Fsp3) is 0.632. The number of carbonyl (C=O) groups is 1. The van der Waals surface area contributed by atoms with E-state index in [0.29, 0.717) is 18.5 Å². The maximum Gasteiger partial charge on any atom is 0.220 e. The second-order valence-electron chi connectivity index (χ2n) is 6.81. The zero-order valence-electron chi connectivity index (χ0n) is 14.0. The van der Waals surface area contributed by atoms with Crippen LogP contribution in [0.25, 0.3) is 0 Å². The lowest BCUT2D eigenvalue weighted by Gasteiger charge is -2.28. The standard InChI is InChI=1S/C19H29N3O/c23-19(11-10-17-9-6-12-20-17)21-15-18(22-13-4-5-14-22)16-7-2-1-3-8-16/h1-3,7-8,17-18,20H,4-6,9-15H2,(H,21,23). The van der Waals surface area contributed by atoms with Crippen molar-refractivity contribution in [3.63, 3.8) is 0 Å². The first kappa shape index (κ1) is 16.5. The molecule has 2 unspecified atom stereocenters. The Morgan fingerprint density at radius 3 is 2.70 bits per heavy atom. The van der Waals surface area contributed by atoms with Gasteiger partial charge >= 0.3 is 0 Å². The smallest absolute Gasteiger partial charge is 0.220 e. The highest BCUT2D eigenvalue weighted by molar-refractivity contribution is 5.75. The van der Waals surface area contributed by atoms with Crippen molar-refractivity contribution in [3.05, 3.63) is 35.9 Å². The fourth-order valence-corrected chi connectivity index (χ4v) is 3.79. The molecule has 2 aliphatic rings. The molecule has 2 heterocycles. The molecular formula is C19H29N3O. The number of nitrogens with zero attached hydrogens (tertiary/aromatic N) is 1. The van der Waals surface area contributed by atoms with Gasteiger partial charge in [-0.3, -0.25) is 9.69 Å². The van der Waals surface area contributed by atoms with Crippen LogP contribution in [0, 0.1) is 0 Å². The molecule has 2 saturated heterocycles. The van der Waals surface area contributed by atoms with E-state index < -0.39 is 0 Å². The Morgan fingerprint density at radius 1 is 1.22 bits per heavy atom. The number of hydrogen-bond acceptors (Lipinski definition) is 3. The predicted molar refractivity (Wildman–Crippen MR) is 93.3 cm³/mol. The molecule has 2 fully saturated rings. The first-order valence-electron chi connectivity index (χ1n) is 9.12. The van der Waals surface area contributed by atoms with Gasteiger partial charge in [-0.15, -0.1) is 0 Å². The fourth-order valence-electron chi connectivity index (χ4n) is 3.79. The molecule has 0 radical (unpaired) electrons. The maximum atomic E-state index is 12.2. The number of carbonyl (C=O) groups excluding carboxylic acids is 1. The monoisotopic (exact) mass is 315 g/mol. The van der Waals surface area contributed by atoms with E-state index in [2.05, 4.69) is 45.9 Å². The van der Waals surface area contributed by atoms with Gasteiger partial charge in [0.2, 0.25) is 5.91 Å². The molecule has 0 aromatic heterocycles. The van der Waals surface area contributed by atoms with Crippen LogP contribution in [0.2, 0.25) is 0 Å². The van der Waals surface area contributed by atoms with E-state index in [4.69, 9.17) is 0 Å². The molecule has 23 heavy (non-hydrogen) atoms. The molecule has 2 aliphatic heterocycles. The molecule has 0 aliphatic carbocycles. The molecule has 2 atom stereocenters. The molecule has 0 saturated carbocycles. The van der Waals surface area contributed by atoms with Gasteiger partial charge in [-0.2, -0.15) is 0 Å². The van der Waals surface area contributed by atoms with Gasteiger partial charge in [-0.1, -0.05) is 30.3 Å². The third-order valence-electron chi connectivity index (χ3n) is 5.14. The lowest BCUT2D eigenvalue weighted by molar-refractivity contribution is -0.121. The summed E-state index contributed by atoms with van der Waals surface area (Å²) in [7, 11) is 0. The minimum atomic E-state index is 0.193. The van der Waals surface area contributed by atoms with Gasteiger partial charge in [0.05, 0.1) is 6.04 Å². The Bertz CT molecular complexity index is 479. The summed E-state index contributed by atoms with van der Waals surface area (Å²) in [6, 6.07) is 11.4. The van der Waals surface area contributed by atoms with Gasteiger partial charge in [-0.05, 0) is 57.3 Å². The first-order valence-corrected chi connectivity index (χ1v) is 9.12. The summed E-state index contributed by atoms with van der Waals surface area (Å²) in [5, 5.41) is 6.63. The Labute approximate surface area is 139 Å². The highest BCUT2D eigenvalue weighted by Crippen LogP contribution is 2.24. The quantitative estimate of drug-likeness (QED) is 0.812. The molecule has 126 valence electrons. The number of hydrogen-bond donors (Lipinski definition) is 2. The maximum absolute atomic E-state index is 12.2. The third-order valence-corrected chi connectivity index (χ3v) is 5.14. The molecule has 1 aromatic carbocycles. The summed E-state index contributed by atoms with van der Waals surface area (Å²) in [4.78, 5) is 14.7. The number of amides is 1. The van der Waals surface area contributed by atoms with Crippen LogP contribution in [0.4, 0.5) is 0 Å². The molecule has 3 rings (SSSR count). The first-order chi connectivity index (χ1) is 11.3. The van der Waals surface area contributed by atoms with Crippen LogP contribution >= 0.6 is 0 Å². The van der Waals surface area contributed by atoms with Gasteiger partial charge in [0, 0.05) is 19.0 Å². The Hall–Kier alpha value is -1.39. The molecule has 4 nitrogen and oxygen atoms in total. The van der Waals surface area contributed by atoms with Crippen LogP contribution in [0.3, 0.4) is 0 Å². The van der Waals surface area contributed by atoms with Crippen molar-refractivity contribution < 1.29 is 4.79 Å². The lowest BCUT2D eigenvalue weighted by atomic mass is 10.1. The average molecular weight is 315 g/mol. The highest BCUT2D eigenvalue weighted by atomic mass is 16.1. The summed E-state index contributed by atoms with van der Waals surface area (Å²) in [6.45, 7) is 4.11. The normalized spacial score (nSPS) is 23.0. The number of likely N-dealkylation sites (tertiary alicyclic amines) is 1. The summed E-state index contributed by atoms with van der Waals surface area (Å²) in [5.41, 5.74) is 1.31. The van der Waals surface area contributed by atoms with Gasteiger partial charge in [0.15, 0.2) is 0 Å². The average Bonchev–Trinajstić information content (AvgIpc) is 3.28. The van der Waals surface area contributed by atoms with E-state index in [1.165, 1.54) is 31.2 Å². The molecule has 4 heteroatoms. The van der Waals surface area contributed by atoms with Crippen molar-refractivity contribution in [2.45, 2.75) is 50.6 Å². The topological polar surface area (TPSA) is 44.4 Å². The predicted octanol–water partition coefficient (Wildman–Crippen LogP) is 2.47. The zero-order valence-corrected chi connectivity index (χ0v) is 14.0. The van der Waals surface area contributed by atoms with Crippen LogP contribution in [0.15, 0.2) is 30.3 Å². The van der Waals surface area contributed by atoms with Crippen molar-refractivity contribution >= 4 is 5.91 Å². The number of nitrogens with one attached hydrogen (secondary N) is 2.